The van der Waals surface area contributed by atoms with Gasteiger partial charge in [-0.05, 0) is 37.4 Å². The predicted molar refractivity (Wildman–Crippen MR) is 106 cm³/mol. The summed E-state index contributed by atoms with van der Waals surface area (Å²) in [6, 6.07) is 4.40. The molecule has 0 unspecified atom stereocenters. The van der Waals surface area contributed by atoms with E-state index in [1.54, 1.807) is 0 Å². The maximum absolute atomic E-state index is 13.4. The lowest BCUT2D eigenvalue weighted by atomic mass is 9.94. The molecule has 1 N–H and O–H groups in total. The number of rotatable bonds is 3. The molecular formula is C21H28N6O. The van der Waals surface area contributed by atoms with Crippen molar-refractivity contribution < 1.29 is 4.79 Å². The summed E-state index contributed by atoms with van der Waals surface area (Å²) in [5.74, 6) is 0.655. The zero-order valence-electron chi connectivity index (χ0n) is 16.5. The minimum atomic E-state index is 0.116. The summed E-state index contributed by atoms with van der Waals surface area (Å²) >= 11 is 0. The van der Waals surface area contributed by atoms with Crippen LogP contribution in [-0.2, 0) is 19.5 Å². The van der Waals surface area contributed by atoms with E-state index in [0.29, 0.717) is 11.6 Å². The number of nitrogens with zero attached hydrogens (tertiary/aromatic N) is 5. The van der Waals surface area contributed by atoms with Gasteiger partial charge in [-0.3, -0.25) is 19.8 Å². The number of likely N-dealkylation sites (N-methyl/N-ethyl adjacent to an activating group) is 1. The summed E-state index contributed by atoms with van der Waals surface area (Å²) < 4.78 is 0. The number of carbonyl (C=O) groups excluding carboxylic acids is 1. The number of carbonyl (C=O) groups is 1. The molecule has 148 valence electrons. The molecular weight excluding hydrogens is 352 g/mol. The zero-order chi connectivity index (χ0) is 19.1. The Morgan fingerprint density at radius 1 is 1.29 bits per heavy atom. The lowest BCUT2D eigenvalue weighted by Crippen LogP contribution is -2.47. The number of piperidine rings is 1. The number of nitrogens with one attached hydrogen (secondary N) is 1. The Morgan fingerprint density at radius 2 is 2.21 bits per heavy atom. The molecule has 0 aliphatic carbocycles. The molecule has 4 aliphatic heterocycles. The number of H-pyrrole nitrogens is 1. The van der Waals surface area contributed by atoms with Crippen LogP contribution >= 0.6 is 0 Å². The second-order valence-corrected chi connectivity index (χ2v) is 8.63. The number of aromatic nitrogens is 3. The van der Waals surface area contributed by atoms with Gasteiger partial charge in [0.05, 0.1) is 0 Å². The maximum Gasteiger partial charge on any atom is 0.274 e. The second kappa shape index (κ2) is 7.29. The van der Waals surface area contributed by atoms with Gasteiger partial charge in [-0.2, -0.15) is 5.10 Å². The van der Waals surface area contributed by atoms with Crippen LogP contribution in [-0.4, -0.2) is 75.1 Å². The normalized spacial score (nSPS) is 25.5. The highest BCUT2D eigenvalue weighted by Gasteiger charge is 2.39. The van der Waals surface area contributed by atoms with Crippen molar-refractivity contribution in [3.8, 4) is 0 Å². The van der Waals surface area contributed by atoms with Crippen LogP contribution in [0.4, 0.5) is 0 Å². The van der Waals surface area contributed by atoms with E-state index in [9.17, 15) is 4.79 Å². The van der Waals surface area contributed by atoms with E-state index in [2.05, 4.69) is 43.0 Å². The molecule has 0 radical (unpaired) electrons. The van der Waals surface area contributed by atoms with Crippen LogP contribution in [0, 0.1) is 5.92 Å². The number of aromatic amines is 1. The van der Waals surface area contributed by atoms with E-state index in [-0.39, 0.29) is 11.9 Å². The van der Waals surface area contributed by atoms with Gasteiger partial charge in [0.15, 0.2) is 5.69 Å². The van der Waals surface area contributed by atoms with Gasteiger partial charge in [-0.1, -0.05) is 6.07 Å². The summed E-state index contributed by atoms with van der Waals surface area (Å²) in [4.78, 5) is 24.6. The molecule has 7 heteroatoms. The van der Waals surface area contributed by atoms with Crippen LogP contribution in [0.3, 0.4) is 0 Å². The fourth-order valence-corrected chi connectivity index (χ4v) is 5.05. The number of fused-ring (bicyclic) bond motifs is 5. The molecule has 0 spiro atoms. The van der Waals surface area contributed by atoms with E-state index < -0.39 is 0 Å². The van der Waals surface area contributed by atoms with E-state index in [1.165, 1.54) is 12.0 Å². The monoisotopic (exact) mass is 380 g/mol. The summed E-state index contributed by atoms with van der Waals surface area (Å²) in [7, 11) is 2.11. The number of hydrogen-bond acceptors (Lipinski definition) is 5. The first-order valence-corrected chi connectivity index (χ1v) is 10.3. The molecule has 2 aromatic heterocycles. The Bertz CT molecular complexity index is 850. The van der Waals surface area contributed by atoms with Crippen molar-refractivity contribution in [2.45, 2.75) is 38.4 Å². The first-order chi connectivity index (χ1) is 13.7. The fourth-order valence-electron chi connectivity index (χ4n) is 5.05. The lowest BCUT2D eigenvalue weighted by molar-refractivity contribution is 0.0576. The van der Waals surface area contributed by atoms with Crippen LogP contribution in [0.15, 0.2) is 24.5 Å². The van der Waals surface area contributed by atoms with Crippen molar-refractivity contribution in [1.82, 2.24) is 29.9 Å². The molecule has 3 fully saturated rings. The summed E-state index contributed by atoms with van der Waals surface area (Å²) in [5.41, 5.74) is 4.13. The van der Waals surface area contributed by atoms with E-state index in [1.807, 2.05) is 18.5 Å². The summed E-state index contributed by atoms with van der Waals surface area (Å²) in [5, 5.41) is 7.57. The summed E-state index contributed by atoms with van der Waals surface area (Å²) in [6.45, 7) is 5.57. The van der Waals surface area contributed by atoms with Gasteiger partial charge in [0.1, 0.15) is 0 Å². The molecule has 2 atom stereocenters. The average Bonchev–Trinajstić information content (AvgIpc) is 2.91. The molecule has 7 nitrogen and oxygen atoms in total. The third-order valence-corrected chi connectivity index (χ3v) is 6.51. The van der Waals surface area contributed by atoms with Crippen molar-refractivity contribution in [1.29, 1.82) is 0 Å². The highest BCUT2D eigenvalue weighted by molar-refractivity contribution is 5.94. The van der Waals surface area contributed by atoms with Crippen molar-refractivity contribution >= 4 is 5.91 Å². The smallest absolute Gasteiger partial charge is 0.274 e. The van der Waals surface area contributed by atoms with E-state index in [4.69, 9.17) is 0 Å². The first-order valence-electron chi connectivity index (χ1n) is 10.3. The van der Waals surface area contributed by atoms with Crippen LogP contribution in [0.2, 0.25) is 0 Å². The average molecular weight is 380 g/mol. The van der Waals surface area contributed by atoms with Gasteiger partial charge >= 0.3 is 0 Å². The lowest BCUT2D eigenvalue weighted by Gasteiger charge is -2.36. The van der Waals surface area contributed by atoms with Crippen LogP contribution in [0.1, 0.15) is 40.2 Å². The predicted octanol–water partition coefficient (Wildman–Crippen LogP) is 1.53. The van der Waals surface area contributed by atoms with Crippen LogP contribution in [0.5, 0.6) is 0 Å². The van der Waals surface area contributed by atoms with Gasteiger partial charge in [0.25, 0.3) is 5.91 Å². The van der Waals surface area contributed by atoms with Crippen LogP contribution < -0.4 is 0 Å². The molecule has 3 saturated heterocycles. The van der Waals surface area contributed by atoms with Crippen molar-refractivity contribution in [2.24, 2.45) is 5.92 Å². The third-order valence-electron chi connectivity index (χ3n) is 6.51. The Hall–Kier alpha value is -2.25. The minimum Gasteiger partial charge on any atom is -0.333 e. The highest BCUT2D eigenvalue weighted by atomic mass is 16.2. The van der Waals surface area contributed by atoms with Crippen LogP contribution in [0.25, 0.3) is 0 Å². The Labute approximate surface area is 165 Å². The van der Waals surface area contributed by atoms with Crippen molar-refractivity contribution in [2.75, 3.05) is 33.2 Å². The molecule has 6 rings (SSSR count). The zero-order valence-corrected chi connectivity index (χ0v) is 16.5. The Kier molecular flexibility index (Phi) is 4.64. The second-order valence-electron chi connectivity index (χ2n) is 8.63. The standard InChI is InChI=1S/C21H28N6O/c1-25-8-6-19-18(14-25)20(24-23-19)21(28)27-12-16-4-5-17(27)13-26(11-16)10-15-3-2-7-22-9-15/h2-3,7,9,16-17H,4-6,8,10-14H2,1H3,(H,23,24)/t16-,17+/m0/s1. The number of amides is 1. The topological polar surface area (TPSA) is 68.4 Å². The van der Waals surface area contributed by atoms with E-state index >= 15 is 0 Å². The largest absolute Gasteiger partial charge is 0.333 e. The first kappa shape index (κ1) is 17.8. The van der Waals surface area contributed by atoms with E-state index in [0.717, 1.165) is 63.4 Å². The molecule has 0 saturated carbocycles. The Morgan fingerprint density at radius 3 is 3.07 bits per heavy atom. The fraction of sp³-hybridized carbons (Fsp3) is 0.571. The quantitative estimate of drug-likeness (QED) is 0.875. The SMILES string of the molecule is CN1CCc2[nH]nc(C(=O)N3C[C@H]4CC[C@@H]3CN(Cc3cccnc3)C4)c2C1. The summed E-state index contributed by atoms with van der Waals surface area (Å²) in [6.07, 6.45) is 7.00. The maximum atomic E-state index is 13.4. The molecule has 0 aromatic carbocycles. The molecule has 28 heavy (non-hydrogen) atoms. The minimum absolute atomic E-state index is 0.116. The van der Waals surface area contributed by atoms with Gasteiger partial charge in [0, 0.05) is 75.4 Å². The van der Waals surface area contributed by atoms with Gasteiger partial charge in [-0.15, -0.1) is 0 Å². The molecule has 4 aliphatic rings. The van der Waals surface area contributed by atoms with Crippen molar-refractivity contribution in [3.05, 3.63) is 47.0 Å². The van der Waals surface area contributed by atoms with Gasteiger partial charge < -0.3 is 9.80 Å². The van der Waals surface area contributed by atoms with Gasteiger partial charge in [-0.25, -0.2) is 0 Å². The number of hydrogen-bond donors (Lipinski definition) is 1. The molecule has 1 amide bonds. The molecule has 6 heterocycles. The van der Waals surface area contributed by atoms with Crippen molar-refractivity contribution in [3.63, 3.8) is 0 Å². The Balaban J connectivity index is 1.34. The molecule has 2 aromatic rings. The third kappa shape index (κ3) is 3.33. The van der Waals surface area contributed by atoms with Gasteiger partial charge in [0.2, 0.25) is 0 Å². The number of pyridine rings is 1. The molecule has 2 bridgehead atoms. The highest BCUT2D eigenvalue weighted by Crippen LogP contribution is 2.31.